The molecule has 0 saturated carbocycles. The smallest absolute Gasteiger partial charge is 0.306 e. The summed E-state index contributed by atoms with van der Waals surface area (Å²) >= 11 is 5.12. The van der Waals surface area contributed by atoms with Gasteiger partial charge in [0.15, 0.2) is 11.2 Å². The van der Waals surface area contributed by atoms with Gasteiger partial charge in [0, 0.05) is 38.5 Å². The molecule has 0 bridgehead atoms. The van der Waals surface area contributed by atoms with Crippen molar-refractivity contribution in [3.05, 3.63) is 71.8 Å². The number of halogens is 1. The van der Waals surface area contributed by atoms with E-state index >= 15 is 0 Å². The van der Waals surface area contributed by atoms with Crippen molar-refractivity contribution in [2.75, 3.05) is 26.4 Å². The maximum absolute atomic E-state index is 11.9. The zero-order valence-electron chi connectivity index (χ0n) is 30.4. The predicted octanol–water partition coefficient (Wildman–Crippen LogP) is 7.79. The van der Waals surface area contributed by atoms with E-state index in [-0.39, 0.29) is 49.6 Å². The second-order valence-electron chi connectivity index (χ2n) is 13.1. The van der Waals surface area contributed by atoms with Crippen LogP contribution in [0.15, 0.2) is 60.7 Å². The van der Waals surface area contributed by atoms with Gasteiger partial charge in [0.2, 0.25) is 5.24 Å². The Balaban J connectivity index is 0.000000298. The van der Waals surface area contributed by atoms with E-state index in [2.05, 4.69) is 13.8 Å². The molecule has 0 spiro atoms. The summed E-state index contributed by atoms with van der Waals surface area (Å²) in [5, 5.41) is 9.07. The lowest BCUT2D eigenvalue weighted by molar-refractivity contribution is -0.169. The van der Waals surface area contributed by atoms with E-state index < -0.39 is 11.2 Å². The Morgan fingerprint density at radius 3 is 1.59 bits per heavy atom. The fraction of sp³-hybridized carbons (Fsp3) is 0.600. The van der Waals surface area contributed by atoms with Crippen LogP contribution in [0.25, 0.3) is 0 Å². The highest BCUT2D eigenvalue weighted by atomic mass is 35.5. The number of carbonyl (C=O) groups excluding carboxylic acids is 4. The van der Waals surface area contributed by atoms with E-state index in [1.54, 1.807) is 0 Å². The first-order chi connectivity index (χ1) is 24.6. The molecule has 0 aliphatic carbocycles. The number of aliphatic hydroxyl groups is 1. The number of ether oxygens (including phenoxy) is 5. The number of cyclic esters (lactones) is 2. The normalized spacial score (nSPS) is 19.2. The summed E-state index contributed by atoms with van der Waals surface area (Å²) in [6, 6.07) is 19.5. The van der Waals surface area contributed by atoms with Gasteiger partial charge in [0.05, 0.1) is 33.0 Å². The van der Waals surface area contributed by atoms with Crippen molar-refractivity contribution < 1.29 is 48.0 Å². The number of esters is 3. The minimum Gasteiger partial charge on any atom is -0.461 e. The molecule has 2 aliphatic heterocycles. The van der Waals surface area contributed by atoms with Gasteiger partial charge in [0.1, 0.15) is 6.61 Å². The highest BCUT2D eigenvalue weighted by Crippen LogP contribution is 2.29. The maximum Gasteiger partial charge on any atom is 0.306 e. The average Bonchev–Trinajstić information content (AvgIpc) is 3.71. The lowest BCUT2D eigenvalue weighted by Gasteiger charge is -2.27. The molecule has 2 aliphatic rings. The third-order valence-corrected chi connectivity index (χ3v) is 8.62. The minimum absolute atomic E-state index is 0.0696. The number of benzene rings is 2. The molecule has 2 atom stereocenters. The van der Waals surface area contributed by atoms with Crippen molar-refractivity contribution in [3.8, 4) is 0 Å². The van der Waals surface area contributed by atoms with Crippen molar-refractivity contribution in [1.29, 1.82) is 0 Å². The van der Waals surface area contributed by atoms with Crippen molar-refractivity contribution in [3.63, 3.8) is 0 Å². The molecular formula is C40H57ClO10. The zero-order chi connectivity index (χ0) is 37.2. The highest BCUT2D eigenvalue weighted by molar-refractivity contribution is 6.63. The summed E-state index contributed by atoms with van der Waals surface area (Å²) in [5.74, 6) is -0.758. The molecule has 0 amide bonds. The predicted molar refractivity (Wildman–Crippen MR) is 195 cm³/mol. The summed E-state index contributed by atoms with van der Waals surface area (Å²) in [5.41, 5.74) is 0.441. The zero-order valence-corrected chi connectivity index (χ0v) is 31.2. The average molecular weight is 733 g/mol. The van der Waals surface area contributed by atoms with Crippen molar-refractivity contribution >= 4 is 34.8 Å². The first kappa shape index (κ1) is 43.9. The molecule has 2 fully saturated rings. The fourth-order valence-electron chi connectivity index (χ4n) is 5.38. The number of rotatable bonds is 21. The SMILES string of the molecule is CCCCCCC(=O)Cl.CCCCCCC(=O)OCC1(COCc2ccccc2)CCC(=O)O1.O=C1CCC(CO)(COCc2ccccc2)O1. The number of unbranched alkanes of at least 4 members (excludes halogenated alkanes) is 6. The van der Waals surface area contributed by atoms with Gasteiger partial charge in [-0.2, -0.15) is 0 Å². The molecule has 0 radical (unpaired) electrons. The second kappa shape index (κ2) is 25.6. The minimum atomic E-state index is -0.842. The maximum atomic E-state index is 11.9. The van der Waals surface area contributed by atoms with E-state index in [1.807, 2.05) is 60.7 Å². The van der Waals surface area contributed by atoms with Gasteiger partial charge in [-0.1, -0.05) is 113 Å². The van der Waals surface area contributed by atoms with E-state index in [0.717, 1.165) is 49.7 Å². The van der Waals surface area contributed by atoms with E-state index in [4.69, 9.17) is 35.3 Å². The van der Waals surface area contributed by atoms with Crippen molar-refractivity contribution in [1.82, 2.24) is 0 Å². The number of hydrogen-bond acceptors (Lipinski definition) is 10. The van der Waals surface area contributed by atoms with E-state index in [1.165, 1.54) is 12.8 Å². The van der Waals surface area contributed by atoms with Crippen LogP contribution in [0.5, 0.6) is 0 Å². The molecule has 1 N–H and O–H groups in total. The van der Waals surface area contributed by atoms with Gasteiger partial charge in [-0.15, -0.1) is 0 Å². The molecule has 0 aromatic heterocycles. The molecule has 2 aromatic carbocycles. The molecule has 11 heteroatoms. The van der Waals surface area contributed by atoms with Crippen LogP contribution in [0, 0.1) is 0 Å². The summed E-state index contributed by atoms with van der Waals surface area (Å²) in [4.78, 5) is 44.7. The standard InChI is InChI=1S/C20H28O5.C13H16O4.C7H13ClO/c1-2-3-4-8-11-18(21)24-16-20(13-12-19(22)25-20)15-23-14-17-9-6-5-7-10-17;14-9-13(7-6-12(15)17-13)10-16-8-11-4-2-1-3-5-11;1-2-3-4-5-6-7(8)9/h5-7,9-10H,2-4,8,11-16H2,1H3;1-5,14H,6-10H2;2-6H2,1H3. The monoisotopic (exact) mass is 732 g/mol. The number of hydrogen-bond donors (Lipinski definition) is 1. The molecule has 2 heterocycles. The lowest BCUT2D eigenvalue weighted by Crippen LogP contribution is -2.40. The Hall–Kier alpha value is -3.31. The molecule has 2 aromatic rings. The van der Waals surface area contributed by atoms with Crippen LogP contribution in [-0.2, 0) is 56.1 Å². The Morgan fingerprint density at radius 2 is 1.16 bits per heavy atom. The first-order valence-corrected chi connectivity index (χ1v) is 18.6. The van der Waals surface area contributed by atoms with Crippen molar-refractivity contribution in [2.24, 2.45) is 0 Å². The van der Waals surface area contributed by atoms with Crippen LogP contribution in [0.1, 0.15) is 115 Å². The van der Waals surface area contributed by atoms with Crippen LogP contribution < -0.4 is 0 Å². The molecule has 4 rings (SSSR count). The Morgan fingerprint density at radius 1 is 0.686 bits per heavy atom. The lowest BCUT2D eigenvalue weighted by atomic mass is 10.0. The second-order valence-corrected chi connectivity index (χ2v) is 13.5. The fourth-order valence-corrected chi connectivity index (χ4v) is 5.51. The van der Waals surface area contributed by atoms with Crippen LogP contribution in [0.2, 0.25) is 0 Å². The van der Waals surface area contributed by atoms with Gasteiger partial charge in [-0.05, 0) is 35.6 Å². The first-order valence-electron chi connectivity index (χ1n) is 18.3. The Labute approximate surface area is 308 Å². The van der Waals surface area contributed by atoms with Crippen LogP contribution in [0.3, 0.4) is 0 Å². The highest BCUT2D eigenvalue weighted by Gasteiger charge is 2.42. The van der Waals surface area contributed by atoms with E-state index in [9.17, 15) is 24.3 Å². The topological polar surface area (TPSA) is 135 Å². The molecule has 10 nitrogen and oxygen atoms in total. The molecule has 2 unspecified atom stereocenters. The third-order valence-electron chi connectivity index (χ3n) is 8.43. The Kier molecular flexibility index (Phi) is 22.0. The number of aliphatic hydroxyl groups excluding tert-OH is 1. The quantitative estimate of drug-likeness (QED) is 0.0587. The van der Waals surface area contributed by atoms with Gasteiger partial charge in [-0.25, -0.2) is 0 Å². The summed E-state index contributed by atoms with van der Waals surface area (Å²) in [6.07, 6.45) is 11.3. The van der Waals surface area contributed by atoms with Gasteiger partial charge in [-0.3, -0.25) is 19.2 Å². The van der Waals surface area contributed by atoms with Crippen LogP contribution in [0.4, 0.5) is 0 Å². The van der Waals surface area contributed by atoms with E-state index in [0.29, 0.717) is 51.7 Å². The van der Waals surface area contributed by atoms with Gasteiger partial charge < -0.3 is 28.8 Å². The number of carbonyl (C=O) groups is 4. The Bertz CT molecular complexity index is 1270. The third kappa shape index (κ3) is 19.2. The van der Waals surface area contributed by atoms with Crippen molar-refractivity contribution in [2.45, 2.75) is 128 Å². The summed E-state index contributed by atoms with van der Waals surface area (Å²) in [7, 11) is 0. The van der Waals surface area contributed by atoms with Crippen LogP contribution >= 0.6 is 11.6 Å². The largest absolute Gasteiger partial charge is 0.461 e. The summed E-state index contributed by atoms with van der Waals surface area (Å²) in [6.45, 7) is 5.52. The van der Waals surface area contributed by atoms with Crippen LogP contribution in [-0.4, -0.2) is 65.9 Å². The molecule has 51 heavy (non-hydrogen) atoms. The molecule has 2 saturated heterocycles. The molecule has 284 valence electrons. The van der Waals surface area contributed by atoms with Gasteiger partial charge in [0.25, 0.3) is 0 Å². The van der Waals surface area contributed by atoms with Gasteiger partial charge >= 0.3 is 17.9 Å². The molecular weight excluding hydrogens is 676 g/mol. The summed E-state index contributed by atoms with van der Waals surface area (Å²) < 4.78 is 27.2.